The number of nitrogen functional groups attached to an aromatic ring is 2. The Hall–Kier alpha value is -1.54. The molecule has 1 fully saturated rings. The highest BCUT2D eigenvalue weighted by Gasteiger charge is 2.25. The molecule has 2 rings (SSSR count). The summed E-state index contributed by atoms with van der Waals surface area (Å²) in [5.74, 6) is -0.560. The third-order valence-electron chi connectivity index (χ3n) is 3.50. The third kappa shape index (κ3) is 3.13. The lowest BCUT2D eigenvalue weighted by atomic mass is 10.1. The lowest BCUT2D eigenvalue weighted by molar-refractivity contribution is 0.331. The fourth-order valence-corrected chi connectivity index (χ4v) is 3.15. The summed E-state index contributed by atoms with van der Waals surface area (Å²) in [6.07, 6.45) is 2.44. The van der Waals surface area contributed by atoms with E-state index in [1.165, 1.54) is 10.6 Å². The smallest absolute Gasteiger partial charge is 0.211 e. The lowest BCUT2D eigenvalue weighted by Crippen LogP contribution is -2.41. The minimum atomic E-state index is -3.15. The minimum absolute atomic E-state index is 0.0190. The van der Waals surface area contributed by atoms with Crippen LogP contribution in [0.15, 0.2) is 12.1 Å². The van der Waals surface area contributed by atoms with Crippen LogP contribution >= 0.6 is 0 Å². The normalized spacial score (nSPS) is 18.1. The van der Waals surface area contributed by atoms with E-state index in [4.69, 9.17) is 11.5 Å². The molecule has 0 amide bonds. The maximum Gasteiger partial charge on any atom is 0.211 e. The second kappa shape index (κ2) is 5.45. The summed E-state index contributed by atoms with van der Waals surface area (Å²) in [5, 5.41) is 3.06. The van der Waals surface area contributed by atoms with Gasteiger partial charge in [0.25, 0.3) is 0 Å². The average molecular weight is 302 g/mol. The fourth-order valence-electron chi connectivity index (χ4n) is 2.27. The zero-order chi connectivity index (χ0) is 14.9. The van der Waals surface area contributed by atoms with E-state index in [2.05, 4.69) is 5.32 Å². The largest absolute Gasteiger partial charge is 0.397 e. The van der Waals surface area contributed by atoms with Gasteiger partial charge in [-0.25, -0.2) is 17.1 Å². The van der Waals surface area contributed by atoms with Gasteiger partial charge in [-0.15, -0.1) is 0 Å². The SMILES string of the molecule is CS(=O)(=O)N1CCC(Nc2ccc(N)c(N)c2F)CC1. The molecule has 0 aliphatic carbocycles. The van der Waals surface area contributed by atoms with Gasteiger partial charge in [-0.05, 0) is 25.0 Å². The number of nitrogens with one attached hydrogen (secondary N) is 1. The maximum absolute atomic E-state index is 13.9. The second-order valence-corrected chi connectivity index (χ2v) is 6.99. The molecule has 0 saturated carbocycles. The summed E-state index contributed by atoms with van der Waals surface area (Å²) < 4.78 is 38.1. The van der Waals surface area contributed by atoms with Crippen LogP contribution in [0.2, 0.25) is 0 Å². The van der Waals surface area contributed by atoms with Crippen LogP contribution < -0.4 is 16.8 Å². The molecule has 5 N–H and O–H groups in total. The first-order valence-electron chi connectivity index (χ1n) is 6.34. The van der Waals surface area contributed by atoms with Gasteiger partial charge < -0.3 is 16.8 Å². The van der Waals surface area contributed by atoms with Crippen molar-refractivity contribution in [2.75, 3.05) is 36.1 Å². The van der Waals surface area contributed by atoms with Crippen LogP contribution in [0.5, 0.6) is 0 Å². The zero-order valence-corrected chi connectivity index (χ0v) is 12.1. The van der Waals surface area contributed by atoms with Crippen LogP contribution in [0.1, 0.15) is 12.8 Å². The summed E-state index contributed by atoms with van der Waals surface area (Å²) >= 11 is 0. The molecule has 0 spiro atoms. The number of halogens is 1. The Balaban J connectivity index is 2.02. The molecule has 1 aromatic rings. The van der Waals surface area contributed by atoms with E-state index in [1.807, 2.05) is 0 Å². The standard InChI is InChI=1S/C12H19FN4O2S/c1-20(18,19)17-6-4-8(5-7-17)16-10-3-2-9(14)12(15)11(10)13/h2-3,8,16H,4-7,14-15H2,1H3. The van der Waals surface area contributed by atoms with E-state index in [1.54, 1.807) is 12.1 Å². The molecule has 0 aromatic heterocycles. The average Bonchev–Trinajstić information content (AvgIpc) is 2.39. The second-order valence-electron chi connectivity index (χ2n) is 5.01. The van der Waals surface area contributed by atoms with E-state index in [0.29, 0.717) is 31.6 Å². The van der Waals surface area contributed by atoms with Gasteiger partial charge in [0.1, 0.15) is 0 Å². The van der Waals surface area contributed by atoms with Gasteiger partial charge in [-0.1, -0.05) is 0 Å². The van der Waals surface area contributed by atoms with Crippen LogP contribution in [0.3, 0.4) is 0 Å². The molecule has 1 aliphatic heterocycles. The summed E-state index contributed by atoms with van der Waals surface area (Å²) in [7, 11) is -3.15. The first-order chi connectivity index (χ1) is 9.29. The lowest BCUT2D eigenvalue weighted by Gasteiger charge is -2.31. The predicted molar refractivity (Wildman–Crippen MR) is 78.3 cm³/mol. The Kier molecular flexibility index (Phi) is 4.05. The van der Waals surface area contributed by atoms with E-state index in [0.717, 1.165) is 0 Å². The molecular weight excluding hydrogens is 283 g/mol. The van der Waals surface area contributed by atoms with Crippen molar-refractivity contribution < 1.29 is 12.8 Å². The third-order valence-corrected chi connectivity index (χ3v) is 4.80. The highest BCUT2D eigenvalue weighted by Crippen LogP contribution is 2.27. The van der Waals surface area contributed by atoms with Gasteiger partial charge in [0.05, 0.1) is 23.3 Å². The predicted octanol–water partition coefficient (Wildman–Crippen LogP) is 0.826. The number of nitrogens with two attached hydrogens (primary N) is 2. The van der Waals surface area contributed by atoms with Gasteiger partial charge in [0.15, 0.2) is 5.82 Å². The molecule has 0 bridgehead atoms. The van der Waals surface area contributed by atoms with Crippen LogP contribution in [0.25, 0.3) is 0 Å². The van der Waals surface area contributed by atoms with Gasteiger partial charge in [-0.2, -0.15) is 0 Å². The quantitative estimate of drug-likeness (QED) is 0.718. The minimum Gasteiger partial charge on any atom is -0.397 e. The number of anilines is 3. The van der Waals surface area contributed by atoms with Crippen molar-refractivity contribution >= 4 is 27.1 Å². The van der Waals surface area contributed by atoms with Crippen molar-refractivity contribution in [3.05, 3.63) is 17.9 Å². The number of hydrogen-bond acceptors (Lipinski definition) is 5. The van der Waals surface area contributed by atoms with Gasteiger partial charge in [-0.3, -0.25) is 0 Å². The molecule has 1 aliphatic rings. The van der Waals surface area contributed by atoms with Crippen LogP contribution in [-0.4, -0.2) is 38.1 Å². The molecule has 1 heterocycles. The molecule has 112 valence electrons. The maximum atomic E-state index is 13.9. The molecule has 6 nitrogen and oxygen atoms in total. The Morgan fingerprint density at radius 1 is 1.30 bits per heavy atom. The van der Waals surface area contributed by atoms with Gasteiger partial charge >= 0.3 is 0 Å². The number of rotatable bonds is 3. The van der Waals surface area contributed by atoms with E-state index in [-0.39, 0.29) is 17.4 Å². The molecule has 0 unspecified atom stereocenters. The number of nitrogens with zero attached hydrogens (tertiary/aromatic N) is 1. The fraction of sp³-hybridized carbons (Fsp3) is 0.500. The van der Waals surface area contributed by atoms with Crippen molar-refractivity contribution in [1.29, 1.82) is 0 Å². The Morgan fingerprint density at radius 3 is 2.45 bits per heavy atom. The van der Waals surface area contributed by atoms with Crippen LogP contribution in [0.4, 0.5) is 21.5 Å². The zero-order valence-electron chi connectivity index (χ0n) is 11.3. The molecule has 20 heavy (non-hydrogen) atoms. The van der Waals surface area contributed by atoms with Gasteiger partial charge in [0, 0.05) is 19.1 Å². The van der Waals surface area contributed by atoms with Crippen LogP contribution in [0, 0.1) is 5.82 Å². The van der Waals surface area contributed by atoms with Crippen molar-refractivity contribution in [2.45, 2.75) is 18.9 Å². The Bertz CT molecular complexity index is 598. The molecule has 8 heteroatoms. The molecule has 1 saturated heterocycles. The van der Waals surface area contributed by atoms with E-state index < -0.39 is 15.8 Å². The molecule has 0 atom stereocenters. The van der Waals surface area contributed by atoms with E-state index >= 15 is 0 Å². The number of hydrogen-bond donors (Lipinski definition) is 3. The highest BCUT2D eigenvalue weighted by molar-refractivity contribution is 7.88. The first kappa shape index (κ1) is 14.9. The number of piperidine rings is 1. The Morgan fingerprint density at radius 2 is 1.90 bits per heavy atom. The van der Waals surface area contributed by atoms with E-state index in [9.17, 15) is 12.8 Å². The van der Waals surface area contributed by atoms with Gasteiger partial charge in [0.2, 0.25) is 10.0 Å². The number of benzene rings is 1. The monoisotopic (exact) mass is 302 g/mol. The van der Waals surface area contributed by atoms with Crippen molar-refractivity contribution in [1.82, 2.24) is 4.31 Å². The van der Waals surface area contributed by atoms with Crippen molar-refractivity contribution in [3.63, 3.8) is 0 Å². The molecular formula is C12H19FN4O2S. The van der Waals surface area contributed by atoms with Crippen molar-refractivity contribution in [2.24, 2.45) is 0 Å². The topological polar surface area (TPSA) is 101 Å². The Labute approximate surface area is 118 Å². The summed E-state index contributed by atoms with van der Waals surface area (Å²) in [6, 6.07) is 3.11. The van der Waals surface area contributed by atoms with Crippen LogP contribution in [-0.2, 0) is 10.0 Å². The van der Waals surface area contributed by atoms with Crippen molar-refractivity contribution in [3.8, 4) is 0 Å². The first-order valence-corrected chi connectivity index (χ1v) is 8.19. The summed E-state index contributed by atoms with van der Waals surface area (Å²) in [6.45, 7) is 0.866. The summed E-state index contributed by atoms with van der Waals surface area (Å²) in [5.41, 5.74) is 11.5. The summed E-state index contributed by atoms with van der Waals surface area (Å²) in [4.78, 5) is 0. The highest BCUT2D eigenvalue weighted by atomic mass is 32.2. The molecule has 0 radical (unpaired) electrons. The number of sulfonamides is 1. The molecule has 1 aromatic carbocycles.